The maximum atomic E-state index is 5.98. The second kappa shape index (κ2) is 3.93. The lowest BCUT2D eigenvalue weighted by molar-refractivity contribution is 0.576. The number of aliphatic imine (C=N–C) groups is 1. The first-order chi connectivity index (χ1) is 7.83. The molecule has 2 nitrogen and oxygen atoms in total. The van der Waals surface area contributed by atoms with Crippen molar-refractivity contribution in [2.24, 2.45) is 16.6 Å². The van der Waals surface area contributed by atoms with Crippen LogP contribution in [0.1, 0.15) is 30.4 Å². The zero-order valence-corrected chi connectivity index (χ0v) is 9.52. The smallest absolute Gasteiger partial charge is 0.0971 e. The van der Waals surface area contributed by atoms with Crippen LogP contribution in [0.15, 0.2) is 29.3 Å². The van der Waals surface area contributed by atoms with Gasteiger partial charge in [-0.25, -0.2) is 0 Å². The van der Waals surface area contributed by atoms with Gasteiger partial charge in [0, 0.05) is 5.92 Å². The molecule has 16 heavy (non-hydrogen) atoms. The molecular weight excluding hydrogens is 196 g/mol. The summed E-state index contributed by atoms with van der Waals surface area (Å²) in [6, 6.07) is 9.13. The summed E-state index contributed by atoms with van der Waals surface area (Å²) in [5, 5.41) is 0. The van der Waals surface area contributed by atoms with Crippen LogP contribution in [0.5, 0.6) is 0 Å². The number of hydrogen-bond acceptors (Lipinski definition) is 1. The fourth-order valence-corrected chi connectivity index (χ4v) is 2.48. The summed E-state index contributed by atoms with van der Waals surface area (Å²) in [6.07, 6.45) is 5.88. The summed E-state index contributed by atoms with van der Waals surface area (Å²) in [7, 11) is 0. The monoisotopic (exact) mass is 214 g/mol. The molecule has 84 valence electrons. The van der Waals surface area contributed by atoms with Gasteiger partial charge in [0.05, 0.1) is 11.9 Å². The largest absolute Gasteiger partial charge is 0.387 e. The van der Waals surface area contributed by atoms with Crippen molar-refractivity contribution in [3.05, 3.63) is 35.4 Å². The quantitative estimate of drug-likeness (QED) is 0.595. The summed E-state index contributed by atoms with van der Waals surface area (Å²) in [6.45, 7) is 0. The van der Waals surface area contributed by atoms with Gasteiger partial charge in [-0.3, -0.25) is 4.99 Å². The molecule has 0 radical (unpaired) electrons. The Balaban J connectivity index is 1.75. The Morgan fingerprint density at radius 1 is 1.12 bits per heavy atom. The Bertz CT molecular complexity index is 418. The topological polar surface area (TPSA) is 38.4 Å². The molecule has 0 aliphatic heterocycles. The van der Waals surface area contributed by atoms with Gasteiger partial charge in [-0.1, -0.05) is 24.3 Å². The summed E-state index contributed by atoms with van der Waals surface area (Å²) < 4.78 is 0. The van der Waals surface area contributed by atoms with Crippen LogP contribution in [0.4, 0.5) is 0 Å². The maximum absolute atomic E-state index is 5.98. The summed E-state index contributed by atoms with van der Waals surface area (Å²) >= 11 is 0. The van der Waals surface area contributed by atoms with Crippen molar-refractivity contribution in [1.82, 2.24) is 0 Å². The van der Waals surface area contributed by atoms with E-state index in [0.29, 0.717) is 12.0 Å². The van der Waals surface area contributed by atoms with Gasteiger partial charge in [0.2, 0.25) is 0 Å². The summed E-state index contributed by atoms with van der Waals surface area (Å²) in [4.78, 5) is 4.69. The Hall–Kier alpha value is -1.31. The molecule has 2 aliphatic carbocycles. The lowest BCUT2D eigenvalue weighted by Gasteiger charge is -2.22. The second-order valence-electron chi connectivity index (χ2n) is 4.99. The Kier molecular flexibility index (Phi) is 2.43. The molecule has 1 saturated carbocycles. The van der Waals surface area contributed by atoms with Gasteiger partial charge in [-0.15, -0.1) is 0 Å². The molecule has 1 fully saturated rings. The highest BCUT2D eigenvalue weighted by Gasteiger charge is 2.27. The van der Waals surface area contributed by atoms with Gasteiger partial charge in [-0.05, 0) is 43.2 Å². The molecule has 0 bridgehead atoms. The van der Waals surface area contributed by atoms with Gasteiger partial charge in [0.25, 0.3) is 0 Å². The highest BCUT2D eigenvalue weighted by Crippen LogP contribution is 2.30. The van der Waals surface area contributed by atoms with Crippen molar-refractivity contribution in [1.29, 1.82) is 0 Å². The van der Waals surface area contributed by atoms with Crippen LogP contribution in [-0.2, 0) is 12.8 Å². The van der Waals surface area contributed by atoms with Crippen LogP contribution in [0.3, 0.4) is 0 Å². The predicted molar refractivity (Wildman–Crippen MR) is 66.6 cm³/mol. The number of benzene rings is 1. The van der Waals surface area contributed by atoms with E-state index in [9.17, 15) is 0 Å². The summed E-state index contributed by atoms with van der Waals surface area (Å²) in [5.41, 5.74) is 8.94. The van der Waals surface area contributed by atoms with E-state index in [4.69, 9.17) is 10.7 Å². The van der Waals surface area contributed by atoms with Crippen molar-refractivity contribution < 1.29 is 0 Å². The lowest BCUT2D eigenvalue weighted by Crippen LogP contribution is -2.23. The number of hydrogen-bond donors (Lipinski definition) is 1. The number of fused-ring (bicyclic) bond motifs is 1. The van der Waals surface area contributed by atoms with Crippen molar-refractivity contribution >= 4 is 5.84 Å². The molecule has 0 saturated heterocycles. The molecule has 0 aromatic heterocycles. The van der Waals surface area contributed by atoms with E-state index in [1.807, 2.05) is 0 Å². The molecule has 1 atom stereocenters. The van der Waals surface area contributed by atoms with Crippen LogP contribution in [0.25, 0.3) is 0 Å². The number of amidine groups is 1. The van der Waals surface area contributed by atoms with Crippen LogP contribution in [-0.4, -0.2) is 11.9 Å². The van der Waals surface area contributed by atoms with E-state index < -0.39 is 0 Å². The van der Waals surface area contributed by atoms with Crippen molar-refractivity contribution in [3.8, 4) is 0 Å². The number of nitrogens with zero attached hydrogens (tertiary/aromatic N) is 1. The molecule has 2 N–H and O–H groups in total. The van der Waals surface area contributed by atoms with Crippen molar-refractivity contribution in [2.45, 2.75) is 38.1 Å². The van der Waals surface area contributed by atoms with Gasteiger partial charge in [0.15, 0.2) is 0 Å². The average Bonchev–Trinajstić information content (AvgIpc) is 3.12. The SMILES string of the molecule is NC(=NC1CCc2ccccc2C1)C1CC1. The fraction of sp³-hybridized carbons (Fsp3) is 0.500. The molecule has 2 heteroatoms. The first kappa shape index (κ1) is 9.88. The van der Waals surface area contributed by atoms with Gasteiger partial charge in [0.1, 0.15) is 0 Å². The van der Waals surface area contributed by atoms with Gasteiger partial charge >= 0.3 is 0 Å². The van der Waals surface area contributed by atoms with Gasteiger partial charge in [-0.2, -0.15) is 0 Å². The third kappa shape index (κ3) is 1.97. The highest BCUT2D eigenvalue weighted by atomic mass is 14.9. The van der Waals surface area contributed by atoms with Crippen molar-refractivity contribution in [3.63, 3.8) is 0 Å². The third-order valence-corrected chi connectivity index (χ3v) is 3.65. The van der Waals surface area contributed by atoms with E-state index >= 15 is 0 Å². The molecule has 3 rings (SSSR count). The minimum atomic E-state index is 0.426. The molecule has 0 amide bonds. The molecule has 1 aromatic rings. The molecule has 2 aliphatic rings. The normalized spacial score (nSPS) is 25.2. The molecule has 0 spiro atoms. The zero-order valence-electron chi connectivity index (χ0n) is 9.52. The van der Waals surface area contributed by atoms with E-state index in [1.165, 1.54) is 24.0 Å². The summed E-state index contributed by atoms with van der Waals surface area (Å²) in [5.74, 6) is 1.52. The minimum Gasteiger partial charge on any atom is -0.387 e. The fourth-order valence-electron chi connectivity index (χ4n) is 2.48. The van der Waals surface area contributed by atoms with Crippen LogP contribution < -0.4 is 5.73 Å². The van der Waals surface area contributed by atoms with Crippen LogP contribution >= 0.6 is 0 Å². The van der Waals surface area contributed by atoms with Crippen LogP contribution in [0, 0.1) is 5.92 Å². The zero-order chi connectivity index (χ0) is 11.0. The molecule has 0 heterocycles. The molecular formula is C14H18N2. The van der Waals surface area contributed by atoms with E-state index in [0.717, 1.165) is 25.1 Å². The third-order valence-electron chi connectivity index (χ3n) is 3.65. The lowest BCUT2D eigenvalue weighted by atomic mass is 9.88. The predicted octanol–water partition coefficient (Wildman–Crippen LogP) is 2.31. The molecule has 1 aromatic carbocycles. The Labute approximate surface area is 96.6 Å². The number of nitrogens with two attached hydrogens (primary N) is 1. The molecule has 1 unspecified atom stereocenters. The van der Waals surface area contributed by atoms with E-state index in [2.05, 4.69) is 24.3 Å². The highest BCUT2D eigenvalue weighted by molar-refractivity contribution is 5.85. The first-order valence-corrected chi connectivity index (χ1v) is 6.23. The minimum absolute atomic E-state index is 0.426. The standard InChI is InChI=1S/C14H18N2/c15-14(11-5-6-11)16-13-8-7-10-3-1-2-4-12(10)9-13/h1-4,11,13H,5-9H2,(H2,15,16). The maximum Gasteiger partial charge on any atom is 0.0971 e. The first-order valence-electron chi connectivity index (χ1n) is 6.23. The Morgan fingerprint density at radius 2 is 1.88 bits per heavy atom. The van der Waals surface area contributed by atoms with E-state index in [1.54, 1.807) is 0 Å². The second-order valence-corrected chi connectivity index (χ2v) is 4.99. The van der Waals surface area contributed by atoms with Gasteiger partial charge < -0.3 is 5.73 Å². The Morgan fingerprint density at radius 3 is 2.62 bits per heavy atom. The van der Waals surface area contributed by atoms with E-state index in [-0.39, 0.29) is 0 Å². The number of aryl methyl sites for hydroxylation is 1. The average molecular weight is 214 g/mol. The van der Waals surface area contributed by atoms with Crippen LogP contribution in [0.2, 0.25) is 0 Å². The van der Waals surface area contributed by atoms with Crippen molar-refractivity contribution in [2.75, 3.05) is 0 Å². The number of rotatable bonds is 2.